The minimum atomic E-state index is 0.783. The SMILES string of the molecule is CCc1ccc(Nc2nc(CN3CCOCC3)nc3sc4c(c23)CCC4)cc1. The number of benzene rings is 1. The Labute approximate surface area is 169 Å². The molecule has 3 heterocycles. The maximum Gasteiger partial charge on any atom is 0.146 e. The minimum absolute atomic E-state index is 0.783. The number of ether oxygens (including phenoxy) is 1. The highest BCUT2D eigenvalue weighted by molar-refractivity contribution is 7.19. The summed E-state index contributed by atoms with van der Waals surface area (Å²) < 4.78 is 5.48. The van der Waals surface area contributed by atoms with Crippen molar-refractivity contribution in [3.63, 3.8) is 0 Å². The van der Waals surface area contributed by atoms with Crippen molar-refractivity contribution >= 4 is 33.1 Å². The lowest BCUT2D eigenvalue weighted by molar-refractivity contribution is 0.0331. The van der Waals surface area contributed by atoms with Crippen LogP contribution in [0.4, 0.5) is 11.5 Å². The highest BCUT2D eigenvalue weighted by Gasteiger charge is 2.23. The molecule has 1 fully saturated rings. The lowest BCUT2D eigenvalue weighted by Gasteiger charge is -2.25. The molecule has 0 saturated carbocycles. The third kappa shape index (κ3) is 3.52. The van der Waals surface area contributed by atoms with Crippen LogP contribution in [-0.2, 0) is 30.5 Å². The molecular formula is C22H26N4OS. The second kappa shape index (κ2) is 7.78. The van der Waals surface area contributed by atoms with E-state index in [1.165, 1.54) is 34.2 Å². The first-order chi connectivity index (χ1) is 13.8. The Hall–Kier alpha value is -2.02. The van der Waals surface area contributed by atoms with Gasteiger partial charge in [0.25, 0.3) is 0 Å². The summed E-state index contributed by atoms with van der Waals surface area (Å²) in [5.74, 6) is 1.87. The molecule has 1 aliphatic heterocycles. The number of nitrogens with one attached hydrogen (secondary N) is 1. The number of hydrogen-bond donors (Lipinski definition) is 1. The van der Waals surface area contributed by atoms with E-state index in [1.807, 2.05) is 11.3 Å². The molecule has 5 rings (SSSR count). The van der Waals surface area contributed by atoms with Crippen molar-refractivity contribution < 1.29 is 4.74 Å². The quantitative estimate of drug-likeness (QED) is 0.698. The summed E-state index contributed by atoms with van der Waals surface area (Å²) in [6.07, 6.45) is 4.63. The molecule has 2 aliphatic rings. The Kier molecular flexibility index (Phi) is 5.01. The Morgan fingerprint density at radius 3 is 2.71 bits per heavy atom. The van der Waals surface area contributed by atoms with Gasteiger partial charge in [0.2, 0.25) is 0 Å². The van der Waals surface area contributed by atoms with Gasteiger partial charge in [0.05, 0.1) is 25.1 Å². The van der Waals surface area contributed by atoms with Crippen LogP contribution in [0.25, 0.3) is 10.2 Å². The van der Waals surface area contributed by atoms with Crippen molar-refractivity contribution in [1.82, 2.24) is 14.9 Å². The standard InChI is InChI=1S/C22H26N4OS/c1-2-15-6-8-16(9-7-15)23-21-20-17-4-3-5-18(17)28-22(20)25-19(24-21)14-26-10-12-27-13-11-26/h6-9H,2-5,10-14H2,1H3,(H,23,24,25). The van der Waals surface area contributed by atoms with Gasteiger partial charge in [0.1, 0.15) is 16.5 Å². The molecule has 1 aromatic carbocycles. The topological polar surface area (TPSA) is 50.3 Å². The molecule has 1 N–H and O–H groups in total. The van der Waals surface area contributed by atoms with Crippen molar-refractivity contribution in [2.45, 2.75) is 39.2 Å². The lowest BCUT2D eigenvalue weighted by atomic mass is 10.1. The van der Waals surface area contributed by atoms with Crippen LogP contribution in [0.1, 0.15) is 35.2 Å². The molecule has 0 unspecified atom stereocenters. The van der Waals surface area contributed by atoms with Crippen molar-refractivity contribution in [1.29, 1.82) is 0 Å². The third-order valence-electron chi connectivity index (χ3n) is 5.70. The summed E-state index contributed by atoms with van der Waals surface area (Å²) in [5.41, 5.74) is 3.90. The molecule has 0 atom stereocenters. The van der Waals surface area contributed by atoms with Gasteiger partial charge >= 0.3 is 0 Å². The normalized spacial score (nSPS) is 17.2. The van der Waals surface area contributed by atoms with Crippen LogP contribution >= 0.6 is 11.3 Å². The molecule has 0 radical (unpaired) electrons. The first-order valence-electron chi connectivity index (χ1n) is 10.3. The number of thiophene rings is 1. The summed E-state index contributed by atoms with van der Waals surface area (Å²) in [6.45, 7) is 6.45. The summed E-state index contributed by atoms with van der Waals surface area (Å²) in [6, 6.07) is 8.68. The van der Waals surface area contributed by atoms with Gasteiger partial charge in [-0.3, -0.25) is 4.90 Å². The van der Waals surface area contributed by atoms with E-state index in [1.54, 1.807) is 0 Å². The number of morpholine rings is 1. The molecule has 28 heavy (non-hydrogen) atoms. The Morgan fingerprint density at radius 1 is 1.11 bits per heavy atom. The predicted octanol–water partition coefficient (Wildman–Crippen LogP) is 4.32. The summed E-state index contributed by atoms with van der Waals surface area (Å²) in [4.78, 5) is 14.9. The number of hydrogen-bond acceptors (Lipinski definition) is 6. The number of fused-ring (bicyclic) bond motifs is 3. The van der Waals surface area contributed by atoms with E-state index in [2.05, 4.69) is 41.4 Å². The number of anilines is 2. The minimum Gasteiger partial charge on any atom is -0.379 e. The average molecular weight is 395 g/mol. The molecule has 0 bridgehead atoms. The van der Waals surface area contributed by atoms with Gasteiger partial charge in [-0.1, -0.05) is 19.1 Å². The van der Waals surface area contributed by atoms with Crippen LogP contribution < -0.4 is 5.32 Å². The molecule has 0 amide bonds. The van der Waals surface area contributed by atoms with Crippen molar-refractivity contribution in [2.24, 2.45) is 0 Å². The van der Waals surface area contributed by atoms with Crippen molar-refractivity contribution in [2.75, 3.05) is 31.6 Å². The molecule has 6 heteroatoms. The Balaban J connectivity index is 1.51. The first kappa shape index (κ1) is 18.0. The molecular weight excluding hydrogens is 368 g/mol. The van der Waals surface area contributed by atoms with Crippen LogP contribution in [0, 0.1) is 0 Å². The fourth-order valence-electron chi connectivity index (χ4n) is 4.12. The average Bonchev–Trinajstić information content (AvgIpc) is 3.30. The van der Waals surface area contributed by atoms with E-state index < -0.39 is 0 Å². The zero-order chi connectivity index (χ0) is 18.9. The molecule has 5 nitrogen and oxygen atoms in total. The van der Waals surface area contributed by atoms with Gasteiger partial charge in [-0.05, 0) is 48.9 Å². The number of nitrogens with zero attached hydrogens (tertiary/aromatic N) is 3. The molecule has 146 valence electrons. The maximum absolute atomic E-state index is 5.48. The molecule has 3 aromatic rings. The summed E-state index contributed by atoms with van der Waals surface area (Å²) in [7, 11) is 0. The molecule has 2 aromatic heterocycles. The van der Waals surface area contributed by atoms with Crippen LogP contribution in [0.3, 0.4) is 0 Å². The Morgan fingerprint density at radius 2 is 1.93 bits per heavy atom. The van der Waals surface area contributed by atoms with Gasteiger partial charge in [0.15, 0.2) is 0 Å². The highest BCUT2D eigenvalue weighted by atomic mass is 32.1. The highest BCUT2D eigenvalue weighted by Crippen LogP contribution is 2.40. The number of aryl methyl sites for hydroxylation is 3. The van der Waals surface area contributed by atoms with Crippen molar-refractivity contribution in [3.05, 3.63) is 46.1 Å². The predicted molar refractivity (Wildman–Crippen MR) is 115 cm³/mol. The Bertz CT molecular complexity index is 976. The lowest BCUT2D eigenvalue weighted by Crippen LogP contribution is -2.36. The van der Waals surface area contributed by atoms with Gasteiger partial charge < -0.3 is 10.1 Å². The van der Waals surface area contributed by atoms with Crippen molar-refractivity contribution in [3.8, 4) is 0 Å². The zero-order valence-corrected chi connectivity index (χ0v) is 17.1. The zero-order valence-electron chi connectivity index (χ0n) is 16.3. The molecule has 0 spiro atoms. The van der Waals surface area contributed by atoms with E-state index in [0.29, 0.717) is 0 Å². The van der Waals surface area contributed by atoms with Crippen LogP contribution in [-0.4, -0.2) is 41.2 Å². The van der Waals surface area contributed by atoms with E-state index in [0.717, 1.165) is 67.8 Å². The third-order valence-corrected chi connectivity index (χ3v) is 6.89. The van der Waals surface area contributed by atoms with Gasteiger partial charge in [-0.15, -0.1) is 11.3 Å². The van der Waals surface area contributed by atoms with E-state index in [-0.39, 0.29) is 0 Å². The van der Waals surface area contributed by atoms with E-state index >= 15 is 0 Å². The fraction of sp³-hybridized carbons (Fsp3) is 0.455. The van der Waals surface area contributed by atoms with Crippen LogP contribution in [0.2, 0.25) is 0 Å². The van der Waals surface area contributed by atoms with E-state index in [9.17, 15) is 0 Å². The molecule has 1 aliphatic carbocycles. The second-order valence-electron chi connectivity index (χ2n) is 7.59. The summed E-state index contributed by atoms with van der Waals surface area (Å²) in [5, 5.41) is 4.84. The van der Waals surface area contributed by atoms with Gasteiger partial charge in [0, 0.05) is 23.7 Å². The summed E-state index contributed by atoms with van der Waals surface area (Å²) >= 11 is 1.86. The largest absolute Gasteiger partial charge is 0.379 e. The van der Waals surface area contributed by atoms with Gasteiger partial charge in [-0.25, -0.2) is 9.97 Å². The maximum atomic E-state index is 5.48. The fourth-order valence-corrected chi connectivity index (χ4v) is 5.40. The van der Waals surface area contributed by atoms with Crippen LogP contribution in [0.15, 0.2) is 24.3 Å². The molecule has 1 saturated heterocycles. The smallest absolute Gasteiger partial charge is 0.146 e. The monoisotopic (exact) mass is 394 g/mol. The van der Waals surface area contributed by atoms with Gasteiger partial charge in [-0.2, -0.15) is 0 Å². The first-order valence-corrected chi connectivity index (χ1v) is 11.1. The second-order valence-corrected chi connectivity index (χ2v) is 8.67. The number of rotatable bonds is 5. The van der Waals surface area contributed by atoms with E-state index in [4.69, 9.17) is 14.7 Å². The number of aromatic nitrogens is 2. The van der Waals surface area contributed by atoms with Crippen LogP contribution in [0.5, 0.6) is 0 Å².